The lowest BCUT2D eigenvalue weighted by atomic mass is 10.1. The maximum atomic E-state index is 12.2. The van der Waals surface area contributed by atoms with Gasteiger partial charge in [-0.2, -0.15) is 0 Å². The summed E-state index contributed by atoms with van der Waals surface area (Å²) in [6.45, 7) is 6.85. The Balaban J connectivity index is 1.89. The number of carbonyl (C=O) groups excluding carboxylic acids is 2. The van der Waals surface area contributed by atoms with Crippen LogP contribution in [0.5, 0.6) is 0 Å². The van der Waals surface area contributed by atoms with Crippen LogP contribution in [0.15, 0.2) is 36.9 Å². The van der Waals surface area contributed by atoms with E-state index in [1.54, 1.807) is 12.1 Å². The first-order valence-corrected chi connectivity index (χ1v) is 7.07. The second-order valence-corrected chi connectivity index (χ2v) is 5.25. The molecule has 0 radical (unpaired) electrons. The minimum atomic E-state index is -0.240. The van der Waals surface area contributed by atoms with Crippen LogP contribution in [0.4, 0.5) is 5.69 Å². The lowest BCUT2D eigenvalue weighted by molar-refractivity contribution is -0.132. The second kappa shape index (κ2) is 7.04. The van der Waals surface area contributed by atoms with Crippen LogP contribution < -0.4 is 5.32 Å². The average Bonchev–Trinajstić information content (AvgIpc) is 2.49. The molecule has 1 heterocycles. The first-order valence-electron chi connectivity index (χ1n) is 7.07. The van der Waals surface area contributed by atoms with E-state index in [2.05, 4.69) is 23.8 Å². The van der Waals surface area contributed by atoms with Gasteiger partial charge in [-0.3, -0.25) is 9.59 Å². The van der Waals surface area contributed by atoms with Gasteiger partial charge in [0.1, 0.15) is 0 Å². The summed E-state index contributed by atoms with van der Waals surface area (Å²) < 4.78 is 0. The number of nitrogens with zero attached hydrogens (tertiary/aromatic N) is 2. The van der Waals surface area contributed by atoms with E-state index in [0.29, 0.717) is 12.1 Å². The highest BCUT2D eigenvalue weighted by molar-refractivity contribution is 5.98. The van der Waals surface area contributed by atoms with Crippen LogP contribution in [0, 0.1) is 0 Å². The van der Waals surface area contributed by atoms with Crippen LogP contribution in [0.2, 0.25) is 0 Å². The van der Waals surface area contributed by atoms with Gasteiger partial charge in [-0.05, 0) is 30.8 Å². The summed E-state index contributed by atoms with van der Waals surface area (Å²) in [5, 5.41) is 2.68. The molecular formula is C16H21N3O2. The van der Waals surface area contributed by atoms with Crippen molar-refractivity contribution in [1.29, 1.82) is 0 Å². The fraction of sp³-hybridized carbons (Fsp3) is 0.375. The maximum Gasteiger partial charge on any atom is 0.247 e. The first-order chi connectivity index (χ1) is 10.1. The predicted molar refractivity (Wildman–Crippen MR) is 83.0 cm³/mol. The van der Waals surface area contributed by atoms with Gasteiger partial charge < -0.3 is 15.1 Å². The number of carbonyl (C=O) groups is 2. The zero-order valence-corrected chi connectivity index (χ0v) is 12.3. The molecule has 1 aromatic carbocycles. The molecule has 0 aliphatic carbocycles. The third-order valence-electron chi connectivity index (χ3n) is 3.62. The number of likely N-dealkylation sites (N-methyl/N-ethyl adjacent to an activating group) is 1. The number of piperazine rings is 1. The van der Waals surface area contributed by atoms with Gasteiger partial charge in [0.2, 0.25) is 11.8 Å². The van der Waals surface area contributed by atoms with Crippen molar-refractivity contribution in [2.24, 2.45) is 0 Å². The predicted octanol–water partition coefficient (Wildman–Crippen LogP) is 1.13. The number of benzene rings is 1. The molecule has 0 saturated carbocycles. The monoisotopic (exact) mass is 287 g/mol. The van der Waals surface area contributed by atoms with Crippen LogP contribution in [-0.2, 0) is 16.0 Å². The van der Waals surface area contributed by atoms with Gasteiger partial charge in [0.15, 0.2) is 0 Å². The van der Waals surface area contributed by atoms with Crippen molar-refractivity contribution in [2.75, 3.05) is 38.5 Å². The third-order valence-corrected chi connectivity index (χ3v) is 3.62. The number of anilines is 1. The second-order valence-electron chi connectivity index (χ2n) is 5.25. The molecule has 5 nitrogen and oxygen atoms in total. The van der Waals surface area contributed by atoms with Crippen molar-refractivity contribution in [2.45, 2.75) is 6.42 Å². The van der Waals surface area contributed by atoms with Gasteiger partial charge in [-0.25, -0.2) is 0 Å². The smallest absolute Gasteiger partial charge is 0.247 e. The number of amides is 2. The van der Waals surface area contributed by atoms with Crippen molar-refractivity contribution in [3.05, 3.63) is 42.5 Å². The molecular weight excluding hydrogens is 266 g/mol. The third kappa shape index (κ3) is 4.43. The number of nitrogens with one attached hydrogen (secondary N) is 1. The summed E-state index contributed by atoms with van der Waals surface area (Å²) in [7, 11) is 2.07. The van der Waals surface area contributed by atoms with Gasteiger partial charge in [-0.15, -0.1) is 0 Å². The largest absolute Gasteiger partial charge is 0.340 e. The normalized spacial score (nSPS) is 15.6. The first kappa shape index (κ1) is 15.3. The molecule has 1 aliphatic rings. The highest BCUT2D eigenvalue weighted by Gasteiger charge is 2.18. The van der Waals surface area contributed by atoms with Crippen LogP contribution in [0.1, 0.15) is 5.56 Å². The lowest BCUT2D eigenvalue weighted by Gasteiger charge is -2.32. The molecule has 5 heteroatoms. The van der Waals surface area contributed by atoms with E-state index in [-0.39, 0.29) is 11.8 Å². The van der Waals surface area contributed by atoms with E-state index in [9.17, 15) is 9.59 Å². The number of hydrogen-bond acceptors (Lipinski definition) is 3. The van der Waals surface area contributed by atoms with Crippen molar-refractivity contribution < 1.29 is 9.59 Å². The Morgan fingerprint density at radius 1 is 1.19 bits per heavy atom. The van der Waals surface area contributed by atoms with E-state index < -0.39 is 0 Å². The Morgan fingerprint density at radius 3 is 2.38 bits per heavy atom. The summed E-state index contributed by atoms with van der Waals surface area (Å²) in [4.78, 5) is 27.5. The summed E-state index contributed by atoms with van der Waals surface area (Å²) in [5.41, 5.74) is 1.66. The molecule has 1 saturated heterocycles. The van der Waals surface area contributed by atoms with Gasteiger partial charge >= 0.3 is 0 Å². The molecule has 112 valence electrons. The fourth-order valence-corrected chi connectivity index (χ4v) is 2.24. The van der Waals surface area contributed by atoms with Gasteiger partial charge in [0, 0.05) is 31.9 Å². The highest BCUT2D eigenvalue weighted by Crippen LogP contribution is 2.11. The van der Waals surface area contributed by atoms with E-state index in [1.807, 2.05) is 17.0 Å². The quantitative estimate of drug-likeness (QED) is 0.845. The van der Waals surface area contributed by atoms with Crippen LogP contribution in [0.3, 0.4) is 0 Å². The number of rotatable bonds is 4. The van der Waals surface area contributed by atoms with Gasteiger partial charge in [0.05, 0.1) is 6.42 Å². The van der Waals surface area contributed by atoms with E-state index in [1.165, 1.54) is 6.08 Å². The lowest BCUT2D eigenvalue weighted by Crippen LogP contribution is -2.47. The Kier molecular flexibility index (Phi) is 5.11. The van der Waals surface area contributed by atoms with Gasteiger partial charge in [0.25, 0.3) is 0 Å². The summed E-state index contributed by atoms with van der Waals surface area (Å²) in [6, 6.07) is 7.33. The average molecular weight is 287 g/mol. The summed E-state index contributed by atoms with van der Waals surface area (Å²) in [5.74, 6) is -0.0813. The zero-order chi connectivity index (χ0) is 15.2. The van der Waals surface area contributed by atoms with Crippen molar-refractivity contribution in [3.63, 3.8) is 0 Å². The fourth-order valence-electron chi connectivity index (χ4n) is 2.24. The van der Waals surface area contributed by atoms with E-state index in [0.717, 1.165) is 31.7 Å². The van der Waals surface area contributed by atoms with Gasteiger partial charge in [-0.1, -0.05) is 18.7 Å². The maximum absolute atomic E-state index is 12.2. The number of hydrogen-bond donors (Lipinski definition) is 1. The topological polar surface area (TPSA) is 52.7 Å². The van der Waals surface area contributed by atoms with Crippen LogP contribution >= 0.6 is 0 Å². The highest BCUT2D eigenvalue weighted by atomic mass is 16.2. The van der Waals surface area contributed by atoms with Crippen molar-refractivity contribution in [3.8, 4) is 0 Å². The molecule has 1 aliphatic heterocycles. The Hall–Kier alpha value is -2.14. The molecule has 1 N–H and O–H groups in total. The standard InChI is InChI=1S/C16H21N3O2/c1-3-15(20)17-14-6-4-13(5-7-14)12-16(21)19-10-8-18(2)9-11-19/h3-7H,1,8-12H2,2H3,(H,17,20). The van der Waals surface area contributed by atoms with Crippen molar-refractivity contribution in [1.82, 2.24) is 9.80 Å². The van der Waals surface area contributed by atoms with E-state index >= 15 is 0 Å². The van der Waals surface area contributed by atoms with E-state index in [4.69, 9.17) is 0 Å². The SMILES string of the molecule is C=CC(=O)Nc1ccc(CC(=O)N2CCN(C)CC2)cc1. The molecule has 0 spiro atoms. The van der Waals surface area contributed by atoms with Crippen molar-refractivity contribution >= 4 is 17.5 Å². The summed E-state index contributed by atoms with van der Waals surface area (Å²) >= 11 is 0. The molecule has 2 amide bonds. The minimum Gasteiger partial charge on any atom is -0.340 e. The molecule has 0 aromatic heterocycles. The molecule has 0 unspecified atom stereocenters. The Morgan fingerprint density at radius 2 is 1.81 bits per heavy atom. The Labute approximate surface area is 125 Å². The zero-order valence-electron chi connectivity index (χ0n) is 12.3. The molecule has 1 aromatic rings. The van der Waals surface area contributed by atoms with Crippen LogP contribution in [0.25, 0.3) is 0 Å². The molecule has 0 bridgehead atoms. The molecule has 2 rings (SSSR count). The van der Waals surface area contributed by atoms with Crippen LogP contribution in [-0.4, -0.2) is 54.8 Å². The Bertz CT molecular complexity index is 517. The molecule has 1 fully saturated rings. The minimum absolute atomic E-state index is 0.158. The molecule has 0 atom stereocenters. The molecule has 21 heavy (non-hydrogen) atoms. The summed E-state index contributed by atoms with van der Waals surface area (Å²) in [6.07, 6.45) is 1.63.